The van der Waals surface area contributed by atoms with Crippen molar-refractivity contribution in [3.8, 4) is 0 Å². The largest absolute Gasteiger partial charge is 0.468 e. The van der Waals surface area contributed by atoms with Crippen molar-refractivity contribution in [3.05, 3.63) is 197 Å². The first-order valence-electron chi connectivity index (χ1n) is 33.6. The van der Waals surface area contributed by atoms with Crippen molar-refractivity contribution in [1.82, 2.24) is 33.4 Å². The van der Waals surface area contributed by atoms with E-state index in [0.29, 0.717) is 101 Å². The van der Waals surface area contributed by atoms with Crippen LogP contribution >= 0.6 is 11.3 Å². The number of esters is 3. The molecule has 4 fully saturated rings. The van der Waals surface area contributed by atoms with Gasteiger partial charge in [-0.25, -0.2) is 14.4 Å². The number of ether oxygens (including phenoxy) is 3. The highest BCUT2D eigenvalue weighted by atomic mass is 32.1. The first-order chi connectivity index (χ1) is 47.2. The molecule has 1 aliphatic carbocycles. The van der Waals surface area contributed by atoms with E-state index in [1.807, 2.05) is 112 Å². The number of aromatic nitrogens is 4. The van der Waals surface area contributed by atoms with Crippen molar-refractivity contribution < 1.29 is 42.6 Å². The highest BCUT2D eigenvalue weighted by Crippen LogP contribution is 2.35. The lowest BCUT2D eigenvalue weighted by molar-refractivity contribution is 0.0514. The normalized spacial score (nSPS) is 14.9. The molecule has 13 rings (SSSR count). The minimum absolute atomic E-state index is 0. The second-order valence-corrected chi connectivity index (χ2v) is 25.4. The van der Waals surface area contributed by atoms with Crippen LogP contribution < -0.4 is 31.4 Å². The van der Waals surface area contributed by atoms with E-state index >= 15 is 0 Å². The first kappa shape index (κ1) is 75.9. The fourth-order valence-corrected chi connectivity index (χ4v) is 14.4. The fraction of sp³-hybridized carbons (Fsp3) is 0.416. The van der Waals surface area contributed by atoms with Gasteiger partial charge in [0.25, 0.3) is 28.5 Å². The van der Waals surface area contributed by atoms with E-state index < -0.39 is 17.9 Å². The van der Waals surface area contributed by atoms with Gasteiger partial charge in [0.1, 0.15) is 22.5 Å². The van der Waals surface area contributed by atoms with Crippen LogP contribution in [-0.2, 0) is 41.4 Å². The van der Waals surface area contributed by atoms with Gasteiger partial charge in [-0.1, -0.05) is 115 Å². The number of carbonyl (C=O) groups excluding carboxylic acids is 5. The Labute approximate surface area is 588 Å². The summed E-state index contributed by atoms with van der Waals surface area (Å²) in [5, 5.41) is 4.48. The predicted molar refractivity (Wildman–Crippen MR) is 397 cm³/mol. The molecular formula is C77H96N10O12S. The molecule has 3 saturated heterocycles. The number of para-hydroxylation sites is 3. The molecule has 3 aliphatic heterocycles. The van der Waals surface area contributed by atoms with E-state index in [9.17, 15) is 38.4 Å². The number of hydrogen-bond donors (Lipinski definition) is 0. The summed E-state index contributed by atoms with van der Waals surface area (Å²) < 4.78 is 26.1. The second kappa shape index (κ2) is 35.3. The zero-order valence-corrected chi connectivity index (χ0v) is 56.6. The Morgan fingerprint density at radius 1 is 0.510 bits per heavy atom. The molecule has 100 heavy (non-hydrogen) atoms. The molecule has 0 atom stereocenters. The van der Waals surface area contributed by atoms with E-state index in [0.717, 1.165) is 69.4 Å². The Morgan fingerprint density at radius 3 is 1.42 bits per heavy atom. The maximum atomic E-state index is 13.9. The lowest BCUT2D eigenvalue weighted by Crippen LogP contribution is -2.49. The SMILES string of the molecule is C.C.C.CCOC(=O)c1c(N2CCN(C(=O)c3cccnc3)CC2)c2ccccc2n(C)c1=O.CCOC(=O)c1c(N2CCN(C(=O)c3cccs3)CC2)c2ccccc2n(CCC2CCCCC2)c1=O.CCOC(=O)c1c(N2CCN(Cc3ccco3)CC2)c2ccccc2n(C)c1=O. The molecule has 2 amide bonds. The van der Waals surface area contributed by atoms with E-state index in [2.05, 4.69) is 19.7 Å². The number of nitrogens with zero attached hydrogens (tertiary/aromatic N) is 10. The summed E-state index contributed by atoms with van der Waals surface area (Å²) in [7, 11) is 3.35. The fourth-order valence-electron chi connectivity index (χ4n) is 13.8. The van der Waals surface area contributed by atoms with Crippen molar-refractivity contribution in [2.24, 2.45) is 20.0 Å². The Bertz CT molecular complexity index is 4450. The van der Waals surface area contributed by atoms with Crippen LogP contribution in [0.1, 0.15) is 138 Å². The molecule has 0 radical (unpaired) electrons. The van der Waals surface area contributed by atoms with Gasteiger partial charge in [0, 0.05) is 128 Å². The number of pyridine rings is 4. The summed E-state index contributed by atoms with van der Waals surface area (Å²) in [4.78, 5) is 121. The Kier molecular flexibility index (Phi) is 26.8. The molecule has 9 heterocycles. The van der Waals surface area contributed by atoms with Crippen LogP contribution in [0.25, 0.3) is 32.7 Å². The average Bonchev–Trinajstić information content (AvgIpc) is 1.08. The van der Waals surface area contributed by atoms with Crippen LogP contribution in [0.5, 0.6) is 0 Å². The number of carbonyl (C=O) groups is 5. The quantitative estimate of drug-likeness (QED) is 0.0647. The maximum absolute atomic E-state index is 13.9. The summed E-state index contributed by atoms with van der Waals surface area (Å²) in [5.74, 6) is -0.249. The van der Waals surface area contributed by atoms with Crippen LogP contribution in [0, 0.1) is 5.92 Å². The van der Waals surface area contributed by atoms with Crippen LogP contribution in [-0.4, -0.2) is 161 Å². The summed E-state index contributed by atoms with van der Waals surface area (Å²) in [5.41, 5.74) is 4.11. The summed E-state index contributed by atoms with van der Waals surface area (Å²) >= 11 is 1.44. The highest BCUT2D eigenvalue weighted by molar-refractivity contribution is 7.12. The molecule has 22 nitrogen and oxygen atoms in total. The Balaban J connectivity index is 0.000000190. The van der Waals surface area contributed by atoms with Crippen LogP contribution in [0.15, 0.2) is 152 Å². The summed E-state index contributed by atoms with van der Waals surface area (Å²) in [6, 6.07) is 34.1. The number of piperazine rings is 3. The van der Waals surface area contributed by atoms with Gasteiger partial charge < -0.3 is 56.8 Å². The molecular weight excluding hydrogens is 1290 g/mol. The number of rotatable bonds is 16. The number of hydrogen-bond acceptors (Lipinski definition) is 18. The molecule has 9 aromatic rings. The Morgan fingerprint density at radius 2 is 0.970 bits per heavy atom. The molecule has 0 N–H and O–H groups in total. The van der Waals surface area contributed by atoms with Gasteiger partial charge in [-0.2, -0.15) is 0 Å². The molecule has 0 spiro atoms. The lowest BCUT2D eigenvalue weighted by atomic mass is 9.87. The molecule has 6 aromatic heterocycles. The Hall–Kier alpha value is -9.87. The smallest absolute Gasteiger partial charge is 0.345 e. The van der Waals surface area contributed by atoms with Crippen molar-refractivity contribution in [2.75, 3.05) is 113 Å². The third-order valence-electron chi connectivity index (χ3n) is 18.7. The van der Waals surface area contributed by atoms with Gasteiger partial charge in [0.05, 0.1) is 76.7 Å². The van der Waals surface area contributed by atoms with Crippen molar-refractivity contribution >= 4 is 90.8 Å². The zero-order chi connectivity index (χ0) is 68.1. The average molecular weight is 1390 g/mol. The lowest BCUT2D eigenvalue weighted by Gasteiger charge is -2.37. The molecule has 532 valence electrons. The number of furan rings is 1. The second-order valence-electron chi connectivity index (χ2n) is 24.5. The van der Waals surface area contributed by atoms with E-state index in [4.69, 9.17) is 18.6 Å². The van der Waals surface area contributed by atoms with Crippen LogP contribution in [0.3, 0.4) is 0 Å². The van der Waals surface area contributed by atoms with Crippen molar-refractivity contribution in [3.63, 3.8) is 0 Å². The van der Waals surface area contributed by atoms with Crippen molar-refractivity contribution in [2.45, 2.75) is 94.7 Å². The monoisotopic (exact) mass is 1380 g/mol. The number of benzene rings is 3. The molecule has 0 unspecified atom stereocenters. The van der Waals surface area contributed by atoms with E-state index in [1.54, 1.807) is 75.1 Å². The van der Waals surface area contributed by atoms with Gasteiger partial charge >= 0.3 is 17.9 Å². The number of anilines is 3. The van der Waals surface area contributed by atoms with Gasteiger partial charge in [-0.15, -0.1) is 11.3 Å². The minimum atomic E-state index is -0.627. The maximum Gasteiger partial charge on any atom is 0.345 e. The number of aryl methyl sites for hydroxylation is 3. The number of thiophene rings is 1. The topological polar surface area (TPSA) is 225 Å². The summed E-state index contributed by atoms with van der Waals surface area (Å²) in [6.45, 7) is 14.3. The van der Waals surface area contributed by atoms with Gasteiger partial charge in [0.2, 0.25) is 0 Å². The highest BCUT2D eigenvalue weighted by Gasteiger charge is 2.34. The van der Waals surface area contributed by atoms with Gasteiger partial charge in [-0.05, 0) is 87.0 Å². The van der Waals surface area contributed by atoms with E-state index in [-0.39, 0.29) is 87.3 Å². The zero-order valence-electron chi connectivity index (χ0n) is 55.8. The molecule has 23 heteroatoms. The van der Waals surface area contributed by atoms with Gasteiger partial charge in [-0.3, -0.25) is 33.9 Å². The predicted octanol–water partition coefficient (Wildman–Crippen LogP) is 11.8. The molecule has 4 aliphatic rings. The van der Waals surface area contributed by atoms with Crippen molar-refractivity contribution in [1.29, 1.82) is 0 Å². The molecule has 1 saturated carbocycles. The number of amides is 2. The third kappa shape index (κ3) is 16.5. The minimum Gasteiger partial charge on any atom is -0.468 e. The van der Waals surface area contributed by atoms with E-state index in [1.165, 1.54) is 52.6 Å². The molecule has 0 bridgehead atoms. The van der Waals surface area contributed by atoms with Crippen LogP contribution in [0.2, 0.25) is 0 Å². The molecule has 3 aromatic carbocycles. The first-order valence-corrected chi connectivity index (χ1v) is 34.5. The number of fused-ring (bicyclic) bond motifs is 3. The third-order valence-corrected chi connectivity index (χ3v) is 19.5. The van der Waals surface area contributed by atoms with Gasteiger partial charge in [0.15, 0.2) is 0 Å². The van der Waals surface area contributed by atoms with Crippen LogP contribution in [0.4, 0.5) is 17.1 Å². The standard InChI is InChI=1S/C29H35N3O4S.C23H24N4O4.C22H25N3O4.3CH4/c1-2-36-29(35)25-26(30-16-18-31(19-17-30)27(33)24-13-8-20-37-24)22-11-6-7-12-23(22)32(28(25)34)15-14-21-9-4-3-5-10-21;1-3-31-23(30)19-20(17-8-4-5-9-18(17)25(2)22(19)29)26-11-13-27(14-12-26)21(28)16-7-6-10-24-15-16;1-3-28-22(27)19-20(17-8-4-5-9-18(17)23(2)21(19)26)25-12-10-24(11-13-25)15-16-7-6-14-29-16;;;/h6-8,11-13,20-21H,2-5,9-10,14-19H2,1H3;4-10,15H,3,11-14H2,1-2H3;4-9,14H,3,10-13,15H2,1-2H3;3*1H4. The summed E-state index contributed by atoms with van der Waals surface area (Å²) in [6.07, 6.45) is 12.1.